The van der Waals surface area contributed by atoms with Crippen LogP contribution in [0.1, 0.15) is 5.56 Å². The van der Waals surface area contributed by atoms with Crippen LogP contribution in [0.5, 0.6) is 0 Å². The van der Waals surface area contributed by atoms with Gasteiger partial charge < -0.3 is 14.7 Å². The van der Waals surface area contributed by atoms with E-state index in [-0.39, 0.29) is 12.5 Å². The third-order valence-corrected chi connectivity index (χ3v) is 2.91. The molecular formula is C12H14ClNO3. The predicted molar refractivity (Wildman–Crippen MR) is 65.4 cm³/mol. The molecule has 1 aromatic carbocycles. The molecule has 1 N–H and O–H groups in total. The van der Waals surface area contributed by atoms with Gasteiger partial charge in [-0.3, -0.25) is 4.79 Å². The van der Waals surface area contributed by atoms with Crippen molar-refractivity contribution in [2.24, 2.45) is 0 Å². The second-order valence-corrected chi connectivity index (χ2v) is 4.27. The molecule has 2 rings (SSSR count). The summed E-state index contributed by atoms with van der Waals surface area (Å²) in [4.78, 5) is 13.5. The average molecular weight is 256 g/mol. The molecule has 0 saturated heterocycles. The zero-order chi connectivity index (χ0) is 12.3. The van der Waals surface area contributed by atoms with Gasteiger partial charge in [-0.25, -0.2) is 0 Å². The lowest BCUT2D eigenvalue weighted by Crippen LogP contribution is -2.30. The minimum absolute atomic E-state index is 0.00361. The monoisotopic (exact) mass is 255 g/mol. The summed E-state index contributed by atoms with van der Waals surface area (Å²) < 4.78 is 5.16. The van der Waals surface area contributed by atoms with Crippen molar-refractivity contribution in [2.75, 3.05) is 31.3 Å². The van der Waals surface area contributed by atoms with E-state index in [1.54, 1.807) is 17.0 Å². The Morgan fingerprint density at radius 3 is 3.00 bits per heavy atom. The van der Waals surface area contributed by atoms with Crippen molar-refractivity contribution >= 4 is 23.2 Å². The number of fused-ring (bicyclic) bond motifs is 1. The van der Waals surface area contributed by atoms with Crippen LogP contribution in [0.4, 0.5) is 5.69 Å². The molecule has 1 aliphatic rings. The van der Waals surface area contributed by atoms with Gasteiger partial charge in [-0.05, 0) is 17.7 Å². The molecule has 1 heterocycles. The van der Waals surface area contributed by atoms with E-state index in [0.717, 1.165) is 11.3 Å². The maximum absolute atomic E-state index is 11.8. The second-order valence-electron chi connectivity index (χ2n) is 3.83. The fraction of sp³-hybridized carbons (Fsp3) is 0.417. The standard InChI is InChI=1S/C12H14ClNO3/c13-10-2-1-9-7-12(16)14(11(9)8-10)3-5-17-6-4-15/h1-2,8,15H,3-7H2. The quantitative estimate of drug-likeness (QED) is 0.806. The number of ether oxygens (including phenoxy) is 1. The van der Waals surface area contributed by atoms with Gasteiger partial charge in [-0.15, -0.1) is 0 Å². The lowest BCUT2D eigenvalue weighted by Gasteiger charge is -2.17. The molecule has 0 radical (unpaired) electrons. The third kappa shape index (κ3) is 2.77. The number of hydrogen-bond donors (Lipinski definition) is 1. The van der Waals surface area contributed by atoms with Crippen LogP contribution >= 0.6 is 11.6 Å². The van der Waals surface area contributed by atoms with Crippen molar-refractivity contribution in [3.8, 4) is 0 Å². The zero-order valence-corrected chi connectivity index (χ0v) is 10.1. The maximum Gasteiger partial charge on any atom is 0.231 e. The molecule has 0 bridgehead atoms. The molecular weight excluding hydrogens is 242 g/mol. The maximum atomic E-state index is 11.8. The molecule has 0 spiro atoms. The van der Waals surface area contributed by atoms with Crippen LogP contribution in [0.3, 0.4) is 0 Å². The number of aliphatic hydroxyl groups excluding tert-OH is 1. The predicted octanol–water partition coefficient (Wildman–Crippen LogP) is 1.24. The largest absolute Gasteiger partial charge is 0.394 e. The molecule has 0 atom stereocenters. The van der Waals surface area contributed by atoms with E-state index in [2.05, 4.69) is 0 Å². The van der Waals surface area contributed by atoms with Crippen molar-refractivity contribution in [2.45, 2.75) is 6.42 Å². The summed E-state index contributed by atoms with van der Waals surface area (Å²) in [6.07, 6.45) is 0.423. The lowest BCUT2D eigenvalue weighted by molar-refractivity contribution is -0.117. The van der Waals surface area contributed by atoms with Crippen LogP contribution in [0, 0.1) is 0 Å². The number of rotatable bonds is 5. The minimum Gasteiger partial charge on any atom is -0.394 e. The number of halogens is 1. The highest BCUT2D eigenvalue weighted by molar-refractivity contribution is 6.31. The van der Waals surface area contributed by atoms with Crippen LogP contribution in [0.25, 0.3) is 0 Å². The Bertz CT molecular complexity index is 422. The van der Waals surface area contributed by atoms with Crippen molar-refractivity contribution in [1.29, 1.82) is 0 Å². The van der Waals surface area contributed by atoms with Crippen LogP contribution in [0.15, 0.2) is 18.2 Å². The first-order valence-electron chi connectivity index (χ1n) is 5.50. The summed E-state index contributed by atoms with van der Waals surface area (Å²) in [7, 11) is 0. The summed E-state index contributed by atoms with van der Waals surface area (Å²) >= 11 is 5.92. The van der Waals surface area contributed by atoms with E-state index in [1.165, 1.54) is 0 Å². The number of benzene rings is 1. The summed E-state index contributed by atoms with van der Waals surface area (Å²) in [6, 6.07) is 5.47. The van der Waals surface area contributed by atoms with Gasteiger partial charge in [-0.1, -0.05) is 17.7 Å². The number of hydrogen-bond acceptors (Lipinski definition) is 3. The highest BCUT2D eigenvalue weighted by atomic mass is 35.5. The number of aliphatic hydroxyl groups is 1. The molecule has 0 aliphatic carbocycles. The molecule has 0 fully saturated rings. The average Bonchev–Trinajstić information content (AvgIpc) is 2.61. The van der Waals surface area contributed by atoms with E-state index >= 15 is 0 Å². The van der Waals surface area contributed by atoms with E-state index < -0.39 is 0 Å². The topological polar surface area (TPSA) is 49.8 Å². The number of anilines is 1. The third-order valence-electron chi connectivity index (χ3n) is 2.68. The molecule has 0 unspecified atom stereocenters. The smallest absolute Gasteiger partial charge is 0.231 e. The molecule has 5 heteroatoms. The van der Waals surface area contributed by atoms with Crippen molar-refractivity contribution < 1.29 is 14.6 Å². The molecule has 4 nitrogen and oxygen atoms in total. The molecule has 0 aromatic heterocycles. The normalized spacial score (nSPS) is 14.2. The highest BCUT2D eigenvalue weighted by Gasteiger charge is 2.26. The summed E-state index contributed by atoms with van der Waals surface area (Å²) in [5, 5.41) is 9.21. The Labute approximate surface area is 105 Å². The van der Waals surface area contributed by atoms with Crippen molar-refractivity contribution in [3.05, 3.63) is 28.8 Å². The fourth-order valence-corrected chi connectivity index (χ4v) is 2.06. The number of carbonyl (C=O) groups excluding carboxylic acids is 1. The Hall–Kier alpha value is -1.10. The SMILES string of the molecule is O=C1Cc2ccc(Cl)cc2N1CCOCCO. The number of amides is 1. The summed E-state index contributed by atoms with van der Waals surface area (Å²) in [5.41, 5.74) is 1.87. The van der Waals surface area contributed by atoms with Gasteiger partial charge in [0.2, 0.25) is 5.91 Å². The molecule has 0 saturated carbocycles. The first-order chi connectivity index (χ1) is 8.22. The first kappa shape index (κ1) is 12.4. The van der Waals surface area contributed by atoms with Crippen LogP contribution in [-0.4, -0.2) is 37.4 Å². The van der Waals surface area contributed by atoms with Crippen LogP contribution in [0.2, 0.25) is 5.02 Å². The number of carbonyl (C=O) groups is 1. The lowest BCUT2D eigenvalue weighted by atomic mass is 10.2. The second kappa shape index (κ2) is 5.49. The molecule has 1 amide bonds. The Kier molecular flexibility index (Phi) is 3.99. The van der Waals surface area contributed by atoms with Gasteiger partial charge in [0.15, 0.2) is 0 Å². The van der Waals surface area contributed by atoms with Gasteiger partial charge >= 0.3 is 0 Å². The zero-order valence-electron chi connectivity index (χ0n) is 9.36. The Balaban J connectivity index is 2.03. The first-order valence-corrected chi connectivity index (χ1v) is 5.87. The molecule has 92 valence electrons. The van der Waals surface area contributed by atoms with Gasteiger partial charge in [0, 0.05) is 17.3 Å². The van der Waals surface area contributed by atoms with Crippen LogP contribution < -0.4 is 4.90 Å². The van der Waals surface area contributed by atoms with Gasteiger partial charge in [-0.2, -0.15) is 0 Å². The van der Waals surface area contributed by atoms with Crippen LogP contribution in [-0.2, 0) is 16.0 Å². The van der Waals surface area contributed by atoms with Crippen molar-refractivity contribution in [1.82, 2.24) is 0 Å². The molecule has 17 heavy (non-hydrogen) atoms. The van der Waals surface area contributed by atoms with Gasteiger partial charge in [0.25, 0.3) is 0 Å². The highest BCUT2D eigenvalue weighted by Crippen LogP contribution is 2.31. The van der Waals surface area contributed by atoms with E-state index in [4.69, 9.17) is 21.4 Å². The summed E-state index contributed by atoms with van der Waals surface area (Å²) in [5.74, 6) is 0.0647. The molecule has 1 aromatic rings. The van der Waals surface area contributed by atoms with Gasteiger partial charge in [0.1, 0.15) is 0 Å². The number of nitrogens with zero attached hydrogens (tertiary/aromatic N) is 1. The van der Waals surface area contributed by atoms with Crippen molar-refractivity contribution in [3.63, 3.8) is 0 Å². The molecule has 1 aliphatic heterocycles. The van der Waals surface area contributed by atoms with E-state index in [0.29, 0.717) is 31.2 Å². The van der Waals surface area contributed by atoms with Gasteiger partial charge in [0.05, 0.1) is 26.2 Å². The fourth-order valence-electron chi connectivity index (χ4n) is 1.90. The Morgan fingerprint density at radius 2 is 2.24 bits per heavy atom. The van der Waals surface area contributed by atoms with E-state index in [9.17, 15) is 4.79 Å². The summed E-state index contributed by atoms with van der Waals surface area (Å²) in [6.45, 7) is 1.20. The minimum atomic E-state index is -0.00361. The Morgan fingerprint density at radius 1 is 1.41 bits per heavy atom. The van der Waals surface area contributed by atoms with E-state index in [1.807, 2.05) is 6.07 Å².